The minimum Gasteiger partial charge on any atom is -0.335 e. The first-order valence-corrected chi connectivity index (χ1v) is 12.7. The van der Waals surface area contributed by atoms with E-state index < -0.39 is 0 Å². The molecule has 2 aromatic carbocycles. The van der Waals surface area contributed by atoms with Crippen molar-refractivity contribution in [1.29, 1.82) is 0 Å². The van der Waals surface area contributed by atoms with Gasteiger partial charge in [-0.2, -0.15) is 5.10 Å². The van der Waals surface area contributed by atoms with Crippen molar-refractivity contribution in [3.8, 4) is 28.3 Å². The summed E-state index contributed by atoms with van der Waals surface area (Å²) < 4.78 is 1.94. The maximum atomic E-state index is 4.92. The molecule has 7 rings (SSSR count). The van der Waals surface area contributed by atoms with Gasteiger partial charge in [0.2, 0.25) is 0 Å². The molecule has 0 saturated heterocycles. The summed E-state index contributed by atoms with van der Waals surface area (Å²) in [6.45, 7) is 3.51. The van der Waals surface area contributed by atoms with Crippen LogP contribution in [0.3, 0.4) is 0 Å². The van der Waals surface area contributed by atoms with Gasteiger partial charge in [0.15, 0.2) is 5.82 Å². The molecule has 190 valence electrons. The summed E-state index contributed by atoms with van der Waals surface area (Å²) in [6, 6.07) is 18.8. The molecule has 0 spiro atoms. The highest BCUT2D eigenvalue weighted by molar-refractivity contribution is 5.96. The molecule has 5 heterocycles. The molecule has 9 heteroatoms. The average Bonchev–Trinajstić information content (AvgIpc) is 3.71. The maximum absolute atomic E-state index is 4.92. The van der Waals surface area contributed by atoms with Gasteiger partial charge in [-0.1, -0.05) is 36.4 Å². The van der Waals surface area contributed by atoms with Crippen LogP contribution in [0, 0.1) is 6.92 Å². The van der Waals surface area contributed by atoms with E-state index in [0.29, 0.717) is 5.82 Å². The Kier molecular flexibility index (Phi) is 5.68. The predicted molar refractivity (Wildman–Crippen MR) is 151 cm³/mol. The van der Waals surface area contributed by atoms with Crippen molar-refractivity contribution in [1.82, 2.24) is 45.0 Å². The van der Waals surface area contributed by atoms with E-state index in [1.54, 1.807) is 18.7 Å². The number of nitrogens with one attached hydrogen (secondary N) is 3. The van der Waals surface area contributed by atoms with Crippen LogP contribution in [0.15, 0.2) is 91.9 Å². The number of aromatic amines is 2. The van der Waals surface area contributed by atoms with Gasteiger partial charge in [0, 0.05) is 42.6 Å². The van der Waals surface area contributed by atoms with Crippen molar-refractivity contribution >= 4 is 21.9 Å². The molecule has 0 aliphatic rings. The highest BCUT2D eigenvalue weighted by Gasteiger charge is 2.16. The molecular formula is C30H25N9. The van der Waals surface area contributed by atoms with Crippen LogP contribution < -0.4 is 5.32 Å². The van der Waals surface area contributed by atoms with Gasteiger partial charge in [0.25, 0.3) is 0 Å². The molecule has 7 aromatic rings. The van der Waals surface area contributed by atoms with E-state index in [0.717, 1.165) is 68.8 Å². The molecule has 0 saturated carbocycles. The maximum Gasteiger partial charge on any atom is 0.159 e. The molecule has 0 aliphatic carbocycles. The fraction of sp³-hybridized carbons (Fsp3) is 0.100. The van der Waals surface area contributed by atoms with Gasteiger partial charge in [-0.15, -0.1) is 0 Å². The molecular weight excluding hydrogens is 486 g/mol. The number of fused-ring (bicyclic) bond motifs is 2. The van der Waals surface area contributed by atoms with Gasteiger partial charge in [-0.3, -0.25) is 15.1 Å². The number of rotatable bonds is 7. The lowest BCUT2D eigenvalue weighted by Gasteiger charge is -2.07. The van der Waals surface area contributed by atoms with E-state index in [-0.39, 0.29) is 0 Å². The lowest BCUT2D eigenvalue weighted by Crippen LogP contribution is -2.12. The molecule has 0 bridgehead atoms. The van der Waals surface area contributed by atoms with Crippen LogP contribution >= 0.6 is 0 Å². The third kappa shape index (κ3) is 4.45. The number of nitrogens with zero attached hydrogens (tertiary/aromatic N) is 6. The number of benzene rings is 2. The first-order chi connectivity index (χ1) is 19.2. The van der Waals surface area contributed by atoms with Crippen molar-refractivity contribution < 1.29 is 0 Å². The van der Waals surface area contributed by atoms with Gasteiger partial charge in [-0.25, -0.2) is 9.97 Å². The van der Waals surface area contributed by atoms with Crippen LogP contribution in [-0.2, 0) is 13.1 Å². The van der Waals surface area contributed by atoms with Gasteiger partial charge in [-0.05, 0) is 41.8 Å². The largest absolute Gasteiger partial charge is 0.335 e. The fourth-order valence-electron chi connectivity index (χ4n) is 4.84. The molecule has 0 radical (unpaired) electrons. The molecule has 0 aliphatic heterocycles. The molecule has 9 nitrogen and oxygen atoms in total. The van der Waals surface area contributed by atoms with Crippen LogP contribution in [0.5, 0.6) is 0 Å². The Hall–Kier alpha value is -5.15. The van der Waals surface area contributed by atoms with Crippen molar-refractivity contribution in [2.75, 3.05) is 0 Å². The number of imidazole rings is 2. The third-order valence-electron chi connectivity index (χ3n) is 6.78. The Morgan fingerprint density at radius 1 is 0.846 bits per heavy atom. The van der Waals surface area contributed by atoms with E-state index in [4.69, 9.17) is 4.98 Å². The van der Waals surface area contributed by atoms with Crippen molar-refractivity contribution in [3.05, 3.63) is 109 Å². The second-order valence-corrected chi connectivity index (χ2v) is 9.57. The highest BCUT2D eigenvalue weighted by atomic mass is 15.1. The van der Waals surface area contributed by atoms with Gasteiger partial charge in [0.1, 0.15) is 11.2 Å². The Morgan fingerprint density at radius 2 is 1.72 bits per heavy atom. The summed E-state index contributed by atoms with van der Waals surface area (Å²) >= 11 is 0. The fourth-order valence-corrected chi connectivity index (χ4v) is 4.84. The normalized spacial score (nSPS) is 11.5. The zero-order valence-electron chi connectivity index (χ0n) is 21.3. The molecule has 0 atom stereocenters. The smallest absolute Gasteiger partial charge is 0.159 e. The number of aromatic nitrogens is 8. The number of hydrogen-bond donors (Lipinski definition) is 3. The van der Waals surface area contributed by atoms with Crippen molar-refractivity contribution in [2.45, 2.75) is 20.0 Å². The lowest BCUT2D eigenvalue weighted by molar-refractivity contribution is 0.691. The van der Waals surface area contributed by atoms with Gasteiger partial charge < -0.3 is 14.9 Å². The van der Waals surface area contributed by atoms with E-state index in [9.17, 15) is 0 Å². The van der Waals surface area contributed by atoms with Gasteiger partial charge >= 0.3 is 0 Å². The molecule has 0 fully saturated rings. The summed E-state index contributed by atoms with van der Waals surface area (Å²) in [5.41, 5.74) is 9.63. The Bertz CT molecular complexity index is 1910. The number of H-pyrrole nitrogens is 2. The van der Waals surface area contributed by atoms with Crippen LogP contribution in [0.1, 0.15) is 16.8 Å². The Labute approximate surface area is 224 Å². The number of hydrogen-bond acceptors (Lipinski definition) is 6. The summed E-state index contributed by atoms with van der Waals surface area (Å²) in [4.78, 5) is 21.6. The summed E-state index contributed by atoms with van der Waals surface area (Å²) in [5, 5.41) is 12.2. The van der Waals surface area contributed by atoms with Gasteiger partial charge in [0.05, 0.1) is 41.1 Å². The van der Waals surface area contributed by atoms with E-state index in [1.165, 1.54) is 5.56 Å². The Balaban J connectivity index is 1.20. The first kappa shape index (κ1) is 23.0. The van der Waals surface area contributed by atoms with Crippen molar-refractivity contribution in [2.24, 2.45) is 0 Å². The summed E-state index contributed by atoms with van der Waals surface area (Å²) in [6.07, 6.45) is 11.1. The minimum atomic E-state index is 0.677. The average molecular weight is 512 g/mol. The zero-order chi connectivity index (χ0) is 26.2. The van der Waals surface area contributed by atoms with E-state index >= 15 is 0 Å². The number of pyridine rings is 2. The molecule has 0 amide bonds. The van der Waals surface area contributed by atoms with Crippen LogP contribution in [0.2, 0.25) is 0 Å². The van der Waals surface area contributed by atoms with Crippen LogP contribution in [-0.4, -0.2) is 39.7 Å². The summed E-state index contributed by atoms with van der Waals surface area (Å²) in [7, 11) is 0. The second-order valence-electron chi connectivity index (χ2n) is 9.57. The molecule has 0 unspecified atom stereocenters. The Morgan fingerprint density at radius 3 is 2.59 bits per heavy atom. The molecule has 3 N–H and O–H groups in total. The minimum absolute atomic E-state index is 0.677. The zero-order valence-corrected chi connectivity index (χ0v) is 21.3. The highest BCUT2D eigenvalue weighted by Crippen LogP contribution is 2.31. The summed E-state index contributed by atoms with van der Waals surface area (Å²) in [5.74, 6) is 0.677. The first-order valence-electron chi connectivity index (χ1n) is 12.7. The second kappa shape index (κ2) is 9.62. The standard InChI is InChI=1S/C30H25N9/c1-19-17-39(18-34-19)27-16-33-15-26-29(27)36-30(35-26)28-24-10-22(7-8-25(24)37-38-28)23-9-21(13-32-14-23)12-31-11-20-5-3-2-4-6-20/h2-10,13-18,31H,11-12H2,1H3,(H,35,36)(H,37,38). The monoisotopic (exact) mass is 511 g/mol. The SMILES string of the molecule is Cc1cn(-c2cncc3[nH]c(-c4n[nH]c5ccc(-c6cncc(CNCc7ccccc7)c6)cc45)nc23)cn1. The van der Waals surface area contributed by atoms with Crippen LogP contribution in [0.25, 0.3) is 50.3 Å². The number of aryl methyl sites for hydroxylation is 1. The van der Waals surface area contributed by atoms with E-state index in [2.05, 4.69) is 77.9 Å². The van der Waals surface area contributed by atoms with Crippen LogP contribution in [0.4, 0.5) is 0 Å². The predicted octanol–water partition coefficient (Wildman–Crippen LogP) is 5.35. The topological polar surface area (TPSA) is 113 Å². The van der Waals surface area contributed by atoms with E-state index in [1.807, 2.05) is 42.2 Å². The lowest BCUT2D eigenvalue weighted by atomic mass is 10.0. The quantitative estimate of drug-likeness (QED) is 0.266. The molecule has 39 heavy (non-hydrogen) atoms. The third-order valence-corrected chi connectivity index (χ3v) is 6.78. The van der Waals surface area contributed by atoms with Crippen molar-refractivity contribution in [3.63, 3.8) is 0 Å². The molecule has 5 aromatic heterocycles.